The van der Waals surface area contributed by atoms with Gasteiger partial charge in [-0.05, 0) is 47.6 Å². The molecular weight excluding hydrogens is 402 g/mol. The molecule has 4 rings (SSSR count). The van der Waals surface area contributed by atoms with Crippen LogP contribution in [0.5, 0.6) is 0 Å². The monoisotopic (exact) mass is 431 g/mol. The number of nitrogens with one attached hydrogen (secondary N) is 1. The summed E-state index contributed by atoms with van der Waals surface area (Å²) in [6.07, 6.45) is 8.73. The molecule has 1 unspecified atom stereocenters. The van der Waals surface area contributed by atoms with Crippen molar-refractivity contribution in [2.24, 2.45) is 11.7 Å². The third-order valence-electron chi connectivity index (χ3n) is 6.13. The van der Waals surface area contributed by atoms with E-state index in [2.05, 4.69) is 10.3 Å². The quantitative estimate of drug-likeness (QED) is 0.536. The molecular formula is C26H29N3O3. The summed E-state index contributed by atoms with van der Waals surface area (Å²) < 4.78 is 5.56. The lowest BCUT2D eigenvalue weighted by Crippen LogP contribution is -2.27. The number of ether oxygens (including phenoxy) is 1. The molecule has 1 aromatic heterocycles. The lowest BCUT2D eigenvalue weighted by atomic mass is 9.89. The van der Waals surface area contributed by atoms with Crippen molar-refractivity contribution in [2.75, 3.05) is 11.9 Å². The number of anilines is 1. The first kappa shape index (κ1) is 22.0. The van der Waals surface area contributed by atoms with E-state index in [0.29, 0.717) is 5.69 Å². The number of aromatic nitrogens is 1. The van der Waals surface area contributed by atoms with Gasteiger partial charge in [0.15, 0.2) is 0 Å². The van der Waals surface area contributed by atoms with Gasteiger partial charge in [0.05, 0.1) is 11.8 Å². The van der Waals surface area contributed by atoms with E-state index in [4.69, 9.17) is 10.5 Å². The van der Waals surface area contributed by atoms with Crippen LogP contribution in [0, 0.1) is 5.92 Å². The first-order valence-electron chi connectivity index (χ1n) is 11.2. The summed E-state index contributed by atoms with van der Waals surface area (Å²) in [5.41, 5.74) is 8.34. The highest BCUT2D eigenvalue weighted by atomic mass is 16.5. The second-order valence-electron chi connectivity index (χ2n) is 8.40. The van der Waals surface area contributed by atoms with Crippen molar-refractivity contribution in [3.63, 3.8) is 0 Å². The number of amides is 1. The van der Waals surface area contributed by atoms with Crippen LogP contribution >= 0.6 is 0 Å². The molecule has 6 nitrogen and oxygen atoms in total. The van der Waals surface area contributed by atoms with Crippen LogP contribution in [0.2, 0.25) is 0 Å². The standard InChI is InChI=1S/C26H29N3O3/c27-15-24(25(30)29-23-10-9-22-16-28-12-11-20(22)14-23)21-8-4-5-18(13-21)17-32-26(31)19-6-2-1-3-7-19/h4-5,8-14,16,19,24H,1-3,6-7,15,17,27H2,(H,29,30). The molecule has 2 aromatic carbocycles. The Morgan fingerprint density at radius 2 is 1.91 bits per heavy atom. The van der Waals surface area contributed by atoms with E-state index in [1.807, 2.05) is 48.5 Å². The number of benzene rings is 2. The maximum atomic E-state index is 13.0. The van der Waals surface area contributed by atoms with Crippen LogP contribution in [0.3, 0.4) is 0 Å². The summed E-state index contributed by atoms with van der Waals surface area (Å²) in [6, 6.07) is 15.2. The molecule has 32 heavy (non-hydrogen) atoms. The van der Waals surface area contributed by atoms with Crippen LogP contribution in [0.25, 0.3) is 10.8 Å². The van der Waals surface area contributed by atoms with Gasteiger partial charge in [-0.3, -0.25) is 14.6 Å². The van der Waals surface area contributed by atoms with Crippen molar-refractivity contribution < 1.29 is 14.3 Å². The zero-order valence-corrected chi connectivity index (χ0v) is 18.1. The van der Waals surface area contributed by atoms with Gasteiger partial charge in [0, 0.05) is 30.0 Å². The molecule has 6 heteroatoms. The number of esters is 1. The highest BCUT2D eigenvalue weighted by Gasteiger charge is 2.23. The Morgan fingerprint density at radius 1 is 1.06 bits per heavy atom. The molecule has 1 aliphatic carbocycles. The predicted octanol–water partition coefficient (Wildman–Crippen LogP) is 4.54. The molecule has 0 bridgehead atoms. The van der Waals surface area contributed by atoms with Crippen LogP contribution in [0.15, 0.2) is 60.9 Å². The van der Waals surface area contributed by atoms with Crippen LogP contribution in [0.1, 0.15) is 49.1 Å². The second-order valence-corrected chi connectivity index (χ2v) is 8.40. The van der Waals surface area contributed by atoms with Gasteiger partial charge < -0.3 is 15.8 Å². The van der Waals surface area contributed by atoms with E-state index in [-0.39, 0.29) is 30.9 Å². The zero-order valence-electron chi connectivity index (χ0n) is 18.1. The van der Waals surface area contributed by atoms with Crippen LogP contribution in [0.4, 0.5) is 5.69 Å². The number of carbonyl (C=O) groups excluding carboxylic acids is 2. The molecule has 0 aliphatic heterocycles. The summed E-state index contributed by atoms with van der Waals surface area (Å²) in [4.78, 5) is 29.4. The van der Waals surface area contributed by atoms with Crippen molar-refractivity contribution in [1.29, 1.82) is 0 Å². The molecule has 3 aromatic rings. The van der Waals surface area contributed by atoms with E-state index in [1.54, 1.807) is 12.4 Å². The first-order chi connectivity index (χ1) is 15.6. The van der Waals surface area contributed by atoms with Crippen LogP contribution in [-0.2, 0) is 20.9 Å². The molecule has 1 saturated carbocycles. The second kappa shape index (κ2) is 10.4. The van der Waals surface area contributed by atoms with Crippen molar-refractivity contribution >= 4 is 28.3 Å². The molecule has 1 atom stereocenters. The van der Waals surface area contributed by atoms with Crippen molar-refractivity contribution in [3.8, 4) is 0 Å². The molecule has 166 valence electrons. The molecule has 0 saturated heterocycles. The number of fused-ring (bicyclic) bond motifs is 1. The summed E-state index contributed by atoms with van der Waals surface area (Å²) in [6.45, 7) is 0.384. The van der Waals surface area contributed by atoms with E-state index in [0.717, 1.165) is 47.6 Å². The minimum Gasteiger partial charge on any atom is -0.461 e. The zero-order chi connectivity index (χ0) is 22.3. The van der Waals surface area contributed by atoms with Gasteiger partial charge in [-0.15, -0.1) is 0 Å². The minimum absolute atomic E-state index is 0.0206. The van der Waals surface area contributed by atoms with Gasteiger partial charge in [-0.25, -0.2) is 0 Å². The topological polar surface area (TPSA) is 94.3 Å². The molecule has 3 N–H and O–H groups in total. The highest BCUT2D eigenvalue weighted by molar-refractivity contribution is 5.98. The molecule has 1 heterocycles. The van der Waals surface area contributed by atoms with Crippen molar-refractivity contribution in [2.45, 2.75) is 44.6 Å². The largest absolute Gasteiger partial charge is 0.461 e. The Balaban J connectivity index is 1.41. The maximum absolute atomic E-state index is 13.0. The Bertz CT molecular complexity index is 1090. The number of pyridine rings is 1. The predicted molar refractivity (Wildman–Crippen MR) is 125 cm³/mol. The number of carbonyl (C=O) groups is 2. The number of hydrogen-bond donors (Lipinski definition) is 2. The lowest BCUT2D eigenvalue weighted by Gasteiger charge is -2.20. The van der Waals surface area contributed by atoms with E-state index < -0.39 is 5.92 Å². The van der Waals surface area contributed by atoms with Gasteiger partial charge in [-0.2, -0.15) is 0 Å². The molecule has 0 spiro atoms. The Kier molecular flexibility index (Phi) is 7.12. The summed E-state index contributed by atoms with van der Waals surface area (Å²) in [5.74, 6) is -0.767. The van der Waals surface area contributed by atoms with E-state index in [9.17, 15) is 9.59 Å². The normalized spacial score (nSPS) is 15.3. The number of hydrogen-bond acceptors (Lipinski definition) is 5. The molecule has 1 fully saturated rings. The van der Waals surface area contributed by atoms with Crippen molar-refractivity contribution in [3.05, 3.63) is 72.1 Å². The van der Waals surface area contributed by atoms with Crippen molar-refractivity contribution in [1.82, 2.24) is 4.98 Å². The van der Waals surface area contributed by atoms with Crippen LogP contribution < -0.4 is 11.1 Å². The average molecular weight is 432 g/mol. The Labute approximate surface area is 188 Å². The maximum Gasteiger partial charge on any atom is 0.309 e. The highest BCUT2D eigenvalue weighted by Crippen LogP contribution is 2.26. The third-order valence-corrected chi connectivity index (χ3v) is 6.13. The van der Waals surface area contributed by atoms with Gasteiger partial charge >= 0.3 is 5.97 Å². The third kappa shape index (κ3) is 5.32. The SMILES string of the molecule is NCC(C(=O)Nc1ccc2cnccc2c1)c1cccc(COC(=O)C2CCCCC2)c1. The van der Waals surface area contributed by atoms with E-state index >= 15 is 0 Å². The summed E-state index contributed by atoms with van der Waals surface area (Å²) >= 11 is 0. The lowest BCUT2D eigenvalue weighted by molar-refractivity contribution is -0.151. The number of nitrogens with zero attached hydrogens (tertiary/aromatic N) is 1. The van der Waals surface area contributed by atoms with Crippen LogP contribution in [-0.4, -0.2) is 23.4 Å². The molecule has 0 radical (unpaired) electrons. The Morgan fingerprint density at radius 3 is 2.72 bits per heavy atom. The average Bonchev–Trinajstić information content (AvgIpc) is 2.84. The van der Waals surface area contributed by atoms with Gasteiger partial charge in [0.25, 0.3) is 0 Å². The first-order valence-corrected chi connectivity index (χ1v) is 11.2. The van der Waals surface area contributed by atoms with Gasteiger partial charge in [-0.1, -0.05) is 49.6 Å². The fourth-order valence-corrected chi connectivity index (χ4v) is 4.30. The van der Waals surface area contributed by atoms with Gasteiger partial charge in [0.1, 0.15) is 6.61 Å². The summed E-state index contributed by atoms with van der Waals surface area (Å²) in [5, 5.41) is 4.99. The summed E-state index contributed by atoms with van der Waals surface area (Å²) in [7, 11) is 0. The smallest absolute Gasteiger partial charge is 0.309 e. The Hall–Kier alpha value is -3.25. The molecule has 1 amide bonds. The number of rotatable bonds is 7. The number of nitrogens with two attached hydrogens (primary N) is 1. The van der Waals surface area contributed by atoms with E-state index in [1.165, 1.54) is 6.42 Å². The van der Waals surface area contributed by atoms with Gasteiger partial charge in [0.2, 0.25) is 5.91 Å². The fourth-order valence-electron chi connectivity index (χ4n) is 4.30. The molecule has 1 aliphatic rings. The fraction of sp³-hybridized carbons (Fsp3) is 0.346. The minimum atomic E-state index is -0.503.